The number of amides is 1. The molecule has 9 heteroatoms. The summed E-state index contributed by atoms with van der Waals surface area (Å²) in [5.74, 6) is 1.71. The second-order valence-corrected chi connectivity index (χ2v) is 8.86. The number of fused-ring (bicyclic) bond motifs is 1. The van der Waals surface area contributed by atoms with E-state index in [0.29, 0.717) is 39.8 Å². The van der Waals surface area contributed by atoms with Gasteiger partial charge < -0.3 is 15.8 Å². The summed E-state index contributed by atoms with van der Waals surface area (Å²) in [6, 6.07) is 14.7. The number of ether oxygens (including phenoxy) is 1. The van der Waals surface area contributed by atoms with Gasteiger partial charge in [-0.05, 0) is 37.1 Å². The Morgan fingerprint density at radius 3 is 2.69 bits per heavy atom. The highest BCUT2D eigenvalue weighted by Gasteiger charge is 2.33. The number of thioether (sulfide) groups is 1. The van der Waals surface area contributed by atoms with Crippen LogP contribution in [-0.2, 0) is 11.4 Å². The van der Waals surface area contributed by atoms with E-state index in [2.05, 4.69) is 22.3 Å². The molecule has 166 valence electrons. The number of nitrogens with one attached hydrogen (secondary N) is 1. The first-order valence-electron chi connectivity index (χ1n) is 10.3. The number of halogens is 1. The third-order valence-corrected chi connectivity index (χ3v) is 6.49. The van der Waals surface area contributed by atoms with E-state index in [0.717, 1.165) is 23.3 Å². The van der Waals surface area contributed by atoms with Crippen LogP contribution in [0.2, 0.25) is 5.02 Å². The molecule has 2 heterocycles. The Kier molecular flexibility index (Phi) is 6.72. The topological polar surface area (TPSA) is 95.1 Å². The molecule has 1 amide bonds. The molecule has 0 aliphatic carbocycles. The van der Waals surface area contributed by atoms with Crippen LogP contribution in [0, 0.1) is 0 Å². The second kappa shape index (κ2) is 9.67. The van der Waals surface area contributed by atoms with Crippen molar-refractivity contribution in [3.05, 3.63) is 76.0 Å². The molecule has 1 aromatic heterocycles. The molecule has 1 aliphatic heterocycles. The van der Waals surface area contributed by atoms with E-state index in [1.165, 1.54) is 0 Å². The Balaban J connectivity index is 1.61. The van der Waals surface area contributed by atoms with Gasteiger partial charge in [0.2, 0.25) is 17.0 Å². The number of anilines is 1. The maximum atomic E-state index is 12.3. The highest BCUT2D eigenvalue weighted by Crippen LogP contribution is 2.36. The maximum absolute atomic E-state index is 12.3. The van der Waals surface area contributed by atoms with Crippen LogP contribution in [-0.4, -0.2) is 26.4 Å². The lowest BCUT2D eigenvalue weighted by Crippen LogP contribution is -2.31. The SMILES string of the molecule is CCCSc1nc2n(n1)C(c1ccc(OCc3ccccc3Cl)cc1)C(C(N)=O)=C(C)N2. The molecule has 1 unspecified atom stereocenters. The molecule has 2 aromatic carbocycles. The normalized spacial score (nSPS) is 15.3. The lowest BCUT2D eigenvalue weighted by molar-refractivity contribution is -0.115. The Morgan fingerprint density at radius 1 is 1.25 bits per heavy atom. The van der Waals surface area contributed by atoms with Crippen molar-refractivity contribution in [2.24, 2.45) is 5.73 Å². The number of benzene rings is 2. The van der Waals surface area contributed by atoms with Gasteiger partial charge in [-0.1, -0.05) is 60.6 Å². The van der Waals surface area contributed by atoms with E-state index >= 15 is 0 Å². The van der Waals surface area contributed by atoms with Crippen molar-refractivity contribution >= 4 is 35.2 Å². The molecule has 1 atom stereocenters. The zero-order valence-electron chi connectivity index (χ0n) is 17.8. The van der Waals surface area contributed by atoms with Crippen molar-refractivity contribution in [1.29, 1.82) is 0 Å². The smallest absolute Gasteiger partial charge is 0.248 e. The van der Waals surface area contributed by atoms with Crippen molar-refractivity contribution in [2.45, 2.75) is 38.1 Å². The van der Waals surface area contributed by atoms with Crippen LogP contribution >= 0.6 is 23.4 Å². The summed E-state index contributed by atoms with van der Waals surface area (Å²) in [5.41, 5.74) is 8.65. The van der Waals surface area contributed by atoms with Gasteiger partial charge in [0.15, 0.2) is 0 Å². The van der Waals surface area contributed by atoms with Crippen LogP contribution in [0.1, 0.15) is 37.4 Å². The number of carbonyl (C=O) groups is 1. The standard InChI is InChI=1S/C23H24ClN5O2S/c1-3-12-32-23-27-22-26-14(2)19(21(25)30)20(29(22)28-23)15-8-10-17(11-9-15)31-13-16-6-4-5-7-18(16)24/h4-11,20H,3,12-13H2,1-2H3,(H2,25,30)(H,26,27,28). The largest absolute Gasteiger partial charge is 0.489 e. The molecule has 0 fully saturated rings. The summed E-state index contributed by atoms with van der Waals surface area (Å²) in [5, 5.41) is 9.13. The summed E-state index contributed by atoms with van der Waals surface area (Å²) in [6.07, 6.45) is 1.02. The van der Waals surface area contributed by atoms with Crippen LogP contribution in [0.15, 0.2) is 65.0 Å². The summed E-state index contributed by atoms with van der Waals surface area (Å²) in [6.45, 7) is 4.30. The van der Waals surface area contributed by atoms with Crippen molar-refractivity contribution in [1.82, 2.24) is 14.8 Å². The van der Waals surface area contributed by atoms with E-state index in [1.807, 2.05) is 55.5 Å². The number of aromatic nitrogens is 3. The minimum atomic E-state index is -0.497. The fourth-order valence-corrected chi connectivity index (χ4v) is 4.41. The first kappa shape index (κ1) is 22.2. The first-order chi connectivity index (χ1) is 15.5. The average Bonchev–Trinajstić information content (AvgIpc) is 3.18. The van der Waals surface area contributed by atoms with E-state index in [9.17, 15) is 4.79 Å². The van der Waals surface area contributed by atoms with Crippen molar-refractivity contribution in [2.75, 3.05) is 11.1 Å². The van der Waals surface area contributed by atoms with Crippen molar-refractivity contribution < 1.29 is 9.53 Å². The zero-order chi connectivity index (χ0) is 22.7. The highest BCUT2D eigenvalue weighted by molar-refractivity contribution is 7.99. The van der Waals surface area contributed by atoms with Crippen LogP contribution in [0.4, 0.5) is 5.95 Å². The molecule has 1 aliphatic rings. The van der Waals surface area contributed by atoms with Crippen molar-refractivity contribution in [3.63, 3.8) is 0 Å². The molecule has 3 N–H and O–H groups in total. The predicted molar refractivity (Wildman–Crippen MR) is 127 cm³/mol. The van der Waals surface area contributed by atoms with Crippen LogP contribution in [0.5, 0.6) is 5.75 Å². The second-order valence-electron chi connectivity index (χ2n) is 7.39. The molecule has 0 saturated heterocycles. The Labute approximate surface area is 196 Å². The fraction of sp³-hybridized carbons (Fsp3) is 0.261. The van der Waals surface area contributed by atoms with Gasteiger partial charge in [-0.3, -0.25) is 4.79 Å². The third kappa shape index (κ3) is 4.61. The van der Waals surface area contributed by atoms with Gasteiger partial charge in [0.05, 0.1) is 5.57 Å². The summed E-state index contributed by atoms with van der Waals surface area (Å²) < 4.78 is 7.62. The average molecular weight is 470 g/mol. The number of hydrogen-bond acceptors (Lipinski definition) is 6. The third-order valence-electron chi connectivity index (χ3n) is 5.08. The number of primary amides is 1. The number of carbonyl (C=O) groups excluding carboxylic acids is 1. The van der Waals surface area contributed by atoms with Crippen LogP contribution in [0.25, 0.3) is 0 Å². The van der Waals surface area contributed by atoms with E-state index in [1.54, 1.807) is 16.4 Å². The molecule has 3 aromatic rings. The number of nitrogens with two attached hydrogens (primary N) is 1. The van der Waals surface area contributed by atoms with Crippen molar-refractivity contribution in [3.8, 4) is 5.75 Å². The molecule has 0 bridgehead atoms. The van der Waals surface area contributed by atoms with Gasteiger partial charge >= 0.3 is 0 Å². The quantitative estimate of drug-likeness (QED) is 0.461. The van der Waals surface area contributed by atoms with E-state index in [4.69, 9.17) is 22.1 Å². The van der Waals surface area contributed by atoms with E-state index < -0.39 is 11.9 Å². The maximum Gasteiger partial charge on any atom is 0.248 e. The minimum Gasteiger partial charge on any atom is -0.489 e. The fourth-order valence-electron chi connectivity index (χ4n) is 3.54. The monoisotopic (exact) mass is 469 g/mol. The van der Waals surface area contributed by atoms with Gasteiger partial charge in [-0.2, -0.15) is 4.98 Å². The molecule has 0 spiro atoms. The Bertz CT molecular complexity index is 1160. The summed E-state index contributed by atoms with van der Waals surface area (Å²) in [4.78, 5) is 16.9. The van der Waals surface area contributed by atoms with Gasteiger partial charge in [-0.15, -0.1) is 5.10 Å². The van der Waals surface area contributed by atoms with Gasteiger partial charge in [0.1, 0.15) is 18.4 Å². The van der Waals surface area contributed by atoms with E-state index in [-0.39, 0.29) is 0 Å². The highest BCUT2D eigenvalue weighted by atomic mass is 35.5. The molecule has 0 saturated carbocycles. The van der Waals surface area contributed by atoms with Gasteiger partial charge in [0, 0.05) is 22.0 Å². The summed E-state index contributed by atoms with van der Waals surface area (Å²) >= 11 is 7.79. The van der Waals surface area contributed by atoms with Gasteiger partial charge in [0.25, 0.3) is 0 Å². The summed E-state index contributed by atoms with van der Waals surface area (Å²) in [7, 11) is 0. The molecule has 0 radical (unpaired) electrons. The minimum absolute atomic E-state index is 0.364. The van der Waals surface area contributed by atoms with Gasteiger partial charge in [-0.25, -0.2) is 4.68 Å². The molecule has 7 nitrogen and oxygen atoms in total. The zero-order valence-corrected chi connectivity index (χ0v) is 19.4. The molecule has 32 heavy (non-hydrogen) atoms. The predicted octanol–water partition coefficient (Wildman–Crippen LogP) is 4.79. The lowest BCUT2D eigenvalue weighted by Gasteiger charge is -2.27. The van der Waals surface area contributed by atoms with Crippen LogP contribution in [0.3, 0.4) is 0 Å². The first-order valence-corrected chi connectivity index (χ1v) is 11.7. The number of hydrogen-bond donors (Lipinski definition) is 2. The number of rotatable bonds is 8. The molecule has 4 rings (SSSR count). The lowest BCUT2D eigenvalue weighted by atomic mass is 9.95. The molecular formula is C23H24ClN5O2S. The number of nitrogens with zero attached hydrogens (tertiary/aromatic N) is 3. The molecular weight excluding hydrogens is 446 g/mol. The Morgan fingerprint density at radius 2 is 2.00 bits per heavy atom. The number of allylic oxidation sites excluding steroid dienone is 1. The van der Waals surface area contributed by atoms with Crippen LogP contribution < -0.4 is 15.8 Å². The Hall–Kier alpha value is -2.97.